The van der Waals surface area contributed by atoms with E-state index in [1.54, 1.807) is 11.0 Å². The fourth-order valence-electron chi connectivity index (χ4n) is 2.23. The van der Waals surface area contributed by atoms with E-state index in [0.29, 0.717) is 25.9 Å². The van der Waals surface area contributed by atoms with Crippen LogP contribution in [0.4, 0.5) is 0 Å². The van der Waals surface area contributed by atoms with Crippen LogP contribution >= 0.6 is 0 Å². The molecule has 18 heavy (non-hydrogen) atoms. The van der Waals surface area contributed by atoms with Gasteiger partial charge >= 0.3 is 0 Å². The van der Waals surface area contributed by atoms with Gasteiger partial charge in [0.25, 0.3) is 0 Å². The van der Waals surface area contributed by atoms with E-state index in [4.69, 9.17) is 0 Å². The van der Waals surface area contributed by atoms with Crippen molar-refractivity contribution in [1.29, 1.82) is 0 Å². The van der Waals surface area contributed by atoms with Crippen molar-refractivity contribution < 1.29 is 9.90 Å². The molecule has 100 valence electrons. The Morgan fingerprint density at radius 2 is 2.28 bits per heavy atom. The summed E-state index contributed by atoms with van der Waals surface area (Å²) in [6.45, 7) is 3.79. The highest BCUT2D eigenvalue weighted by Crippen LogP contribution is 2.21. The lowest BCUT2D eigenvalue weighted by atomic mass is 9.98. The van der Waals surface area contributed by atoms with Crippen LogP contribution in [0.15, 0.2) is 12.7 Å². The Morgan fingerprint density at radius 3 is 3.00 bits per heavy atom. The van der Waals surface area contributed by atoms with Crippen molar-refractivity contribution in [2.24, 2.45) is 0 Å². The lowest BCUT2D eigenvalue weighted by Crippen LogP contribution is -2.34. The normalized spacial score (nSPS) is 24.9. The summed E-state index contributed by atoms with van der Waals surface area (Å²) >= 11 is 0. The first-order chi connectivity index (χ1) is 8.57. The molecule has 1 unspecified atom stereocenters. The average Bonchev–Trinajstić information content (AvgIpc) is 2.77. The SMILES string of the molecule is CC1(O)CCCN(C(=O)CCn2cncn2)CC1. The van der Waals surface area contributed by atoms with Crippen molar-refractivity contribution in [1.82, 2.24) is 19.7 Å². The smallest absolute Gasteiger partial charge is 0.224 e. The molecule has 1 aromatic heterocycles. The van der Waals surface area contributed by atoms with Gasteiger partial charge in [0, 0.05) is 19.5 Å². The first-order valence-electron chi connectivity index (χ1n) is 6.39. The van der Waals surface area contributed by atoms with Crippen LogP contribution in [0.1, 0.15) is 32.6 Å². The van der Waals surface area contributed by atoms with Crippen molar-refractivity contribution in [3.8, 4) is 0 Å². The van der Waals surface area contributed by atoms with Crippen LogP contribution in [-0.4, -0.2) is 49.4 Å². The molecule has 0 spiro atoms. The molecule has 0 aliphatic carbocycles. The van der Waals surface area contributed by atoms with Crippen molar-refractivity contribution >= 4 is 5.91 Å². The summed E-state index contributed by atoms with van der Waals surface area (Å²) in [7, 11) is 0. The molecule has 0 radical (unpaired) electrons. The second-order valence-electron chi connectivity index (χ2n) is 5.14. The molecular weight excluding hydrogens is 232 g/mol. The zero-order valence-electron chi connectivity index (χ0n) is 10.7. The number of hydrogen-bond donors (Lipinski definition) is 1. The van der Waals surface area contributed by atoms with Gasteiger partial charge in [0.2, 0.25) is 5.91 Å². The third-order valence-electron chi connectivity index (χ3n) is 3.44. The van der Waals surface area contributed by atoms with Crippen LogP contribution in [0.5, 0.6) is 0 Å². The van der Waals surface area contributed by atoms with Gasteiger partial charge in [0.05, 0.1) is 12.1 Å². The van der Waals surface area contributed by atoms with Crippen LogP contribution in [0.25, 0.3) is 0 Å². The molecule has 1 N–H and O–H groups in total. The Hall–Kier alpha value is -1.43. The largest absolute Gasteiger partial charge is 0.390 e. The summed E-state index contributed by atoms with van der Waals surface area (Å²) < 4.78 is 1.66. The summed E-state index contributed by atoms with van der Waals surface area (Å²) in [4.78, 5) is 17.7. The second-order valence-corrected chi connectivity index (χ2v) is 5.14. The van der Waals surface area contributed by atoms with Gasteiger partial charge < -0.3 is 10.0 Å². The first-order valence-corrected chi connectivity index (χ1v) is 6.39. The van der Waals surface area contributed by atoms with Crippen LogP contribution in [-0.2, 0) is 11.3 Å². The number of amides is 1. The van der Waals surface area contributed by atoms with E-state index in [0.717, 1.165) is 19.4 Å². The molecule has 0 saturated carbocycles. The van der Waals surface area contributed by atoms with Crippen LogP contribution in [0.3, 0.4) is 0 Å². The molecule has 1 saturated heterocycles. The fraction of sp³-hybridized carbons (Fsp3) is 0.750. The van der Waals surface area contributed by atoms with Gasteiger partial charge in [-0.05, 0) is 26.2 Å². The predicted octanol–water partition coefficient (Wildman–Crippen LogP) is 0.432. The van der Waals surface area contributed by atoms with Crippen molar-refractivity contribution in [2.45, 2.75) is 44.8 Å². The van der Waals surface area contributed by atoms with Crippen LogP contribution in [0, 0.1) is 0 Å². The zero-order chi connectivity index (χ0) is 13.0. The molecule has 6 nitrogen and oxygen atoms in total. The number of aliphatic hydroxyl groups is 1. The van der Waals surface area contributed by atoms with Gasteiger partial charge in [-0.3, -0.25) is 9.48 Å². The van der Waals surface area contributed by atoms with E-state index in [9.17, 15) is 9.90 Å². The third-order valence-corrected chi connectivity index (χ3v) is 3.44. The molecule has 1 amide bonds. The number of carbonyl (C=O) groups is 1. The Balaban J connectivity index is 1.82. The summed E-state index contributed by atoms with van der Waals surface area (Å²) in [5.41, 5.74) is -0.624. The van der Waals surface area contributed by atoms with E-state index in [-0.39, 0.29) is 5.91 Å². The van der Waals surface area contributed by atoms with Gasteiger partial charge in [0.15, 0.2) is 0 Å². The maximum atomic E-state index is 12.0. The molecular formula is C12H20N4O2. The quantitative estimate of drug-likeness (QED) is 0.847. The lowest BCUT2D eigenvalue weighted by molar-refractivity contribution is -0.131. The molecule has 1 aliphatic heterocycles. The molecule has 1 aromatic rings. The highest BCUT2D eigenvalue weighted by Gasteiger charge is 2.26. The van der Waals surface area contributed by atoms with E-state index >= 15 is 0 Å². The maximum Gasteiger partial charge on any atom is 0.224 e. The standard InChI is InChI=1S/C12H20N4O2/c1-12(18)4-2-6-15(8-5-12)11(17)3-7-16-10-13-9-14-16/h9-10,18H,2-8H2,1H3. The van der Waals surface area contributed by atoms with Crippen LogP contribution < -0.4 is 0 Å². The number of likely N-dealkylation sites (tertiary alicyclic amines) is 1. The summed E-state index contributed by atoms with van der Waals surface area (Å²) in [5, 5.41) is 13.9. The van der Waals surface area contributed by atoms with Crippen molar-refractivity contribution in [2.75, 3.05) is 13.1 Å². The monoisotopic (exact) mass is 252 g/mol. The van der Waals surface area contributed by atoms with Gasteiger partial charge in [-0.25, -0.2) is 4.98 Å². The highest BCUT2D eigenvalue weighted by molar-refractivity contribution is 5.76. The minimum Gasteiger partial charge on any atom is -0.390 e. The Morgan fingerprint density at radius 1 is 1.44 bits per heavy atom. The molecule has 6 heteroatoms. The molecule has 2 heterocycles. The van der Waals surface area contributed by atoms with Gasteiger partial charge in [-0.15, -0.1) is 0 Å². The third kappa shape index (κ3) is 3.53. The molecule has 1 aliphatic rings. The molecule has 1 fully saturated rings. The number of carbonyl (C=O) groups excluding carboxylic acids is 1. The van der Waals surface area contributed by atoms with Gasteiger partial charge in [0.1, 0.15) is 12.7 Å². The second kappa shape index (κ2) is 5.48. The van der Waals surface area contributed by atoms with Crippen molar-refractivity contribution in [3.63, 3.8) is 0 Å². The average molecular weight is 252 g/mol. The topological polar surface area (TPSA) is 71.2 Å². The van der Waals surface area contributed by atoms with E-state index in [2.05, 4.69) is 10.1 Å². The van der Waals surface area contributed by atoms with Crippen LogP contribution in [0.2, 0.25) is 0 Å². The number of hydrogen-bond acceptors (Lipinski definition) is 4. The van der Waals surface area contributed by atoms with Gasteiger partial charge in [-0.1, -0.05) is 0 Å². The Labute approximate surface area is 107 Å². The summed E-state index contributed by atoms with van der Waals surface area (Å²) in [6, 6.07) is 0. The molecule has 2 rings (SSSR count). The number of aryl methyl sites for hydroxylation is 1. The molecule has 0 bridgehead atoms. The van der Waals surface area contributed by atoms with E-state index in [1.807, 2.05) is 11.8 Å². The molecule has 1 atom stereocenters. The number of nitrogens with zero attached hydrogens (tertiary/aromatic N) is 4. The first kappa shape index (κ1) is 13.0. The predicted molar refractivity (Wildman–Crippen MR) is 65.7 cm³/mol. The molecule has 0 aromatic carbocycles. The minimum atomic E-state index is -0.624. The minimum absolute atomic E-state index is 0.128. The highest BCUT2D eigenvalue weighted by atomic mass is 16.3. The lowest BCUT2D eigenvalue weighted by Gasteiger charge is -2.22. The summed E-state index contributed by atoms with van der Waals surface area (Å²) in [5.74, 6) is 0.128. The maximum absolute atomic E-state index is 12.0. The Bertz CT molecular complexity index is 389. The number of aromatic nitrogens is 3. The zero-order valence-corrected chi connectivity index (χ0v) is 10.7. The van der Waals surface area contributed by atoms with Gasteiger partial charge in [-0.2, -0.15) is 5.10 Å². The number of rotatable bonds is 3. The van der Waals surface area contributed by atoms with E-state index < -0.39 is 5.60 Å². The Kier molecular flexibility index (Phi) is 3.96. The van der Waals surface area contributed by atoms with E-state index in [1.165, 1.54) is 6.33 Å². The van der Waals surface area contributed by atoms with Crippen molar-refractivity contribution in [3.05, 3.63) is 12.7 Å². The summed E-state index contributed by atoms with van der Waals surface area (Å²) in [6.07, 6.45) is 5.80. The fourth-order valence-corrected chi connectivity index (χ4v) is 2.23.